The van der Waals surface area contributed by atoms with Gasteiger partial charge in [0.1, 0.15) is 11.8 Å². The molecule has 1 heterocycles. The summed E-state index contributed by atoms with van der Waals surface area (Å²) >= 11 is 0. The molecule has 1 aromatic carbocycles. The molecule has 0 aliphatic carbocycles. The molecular formula is C16H15N3O. The van der Waals surface area contributed by atoms with E-state index in [0.717, 1.165) is 11.3 Å². The number of hydrogen-bond acceptors (Lipinski definition) is 3. The Hall–Kier alpha value is -2.67. The number of amides is 1. The van der Waals surface area contributed by atoms with Crippen molar-refractivity contribution in [2.45, 2.75) is 13.8 Å². The third-order valence-corrected chi connectivity index (χ3v) is 3.31. The van der Waals surface area contributed by atoms with Crippen LogP contribution in [-0.4, -0.2) is 17.9 Å². The van der Waals surface area contributed by atoms with Crippen LogP contribution in [0.15, 0.2) is 36.5 Å². The van der Waals surface area contributed by atoms with Crippen LogP contribution >= 0.6 is 0 Å². The second-order valence-electron chi connectivity index (χ2n) is 4.68. The summed E-state index contributed by atoms with van der Waals surface area (Å²) in [5, 5.41) is 8.70. The molecule has 0 aliphatic heterocycles. The maximum absolute atomic E-state index is 12.3. The number of carbonyl (C=O) groups excluding carboxylic acids is 1. The van der Waals surface area contributed by atoms with E-state index >= 15 is 0 Å². The van der Waals surface area contributed by atoms with Crippen molar-refractivity contribution in [2.75, 3.05) is 11.9 Å². The van der Waals surface area contributed by atoms with Gasteiger partial charge < -0.3 is 4.90 Å². The summed E-state index contributed by atoms with van der Waals surface area (Å²) in [5.74, 6) is -0.148. The van der Waals surface area contributed by atoms with E-state index in [1.807, 2.05) is 38.1 Å². The summed E-state index contributed by atoms with van der Waals surface area (Å²) in [4.78, 5) is 17.8. The Kier molecular flexibility index (Phi) is 3.81. The molecular weight excluding hydrogens is 250 g/mol. The van der Waals surface area contributed by atoms with Crippen LogP contribution in [0.4, 0.5) is 5.69 Å². The van der Waals surface area contributed by atoms with Crippen LogP contribution in [-0.2, 0) is 0 Å². The molecule has 0 bridgehead atoms. The lowest BCUT2D eigenvalue weighted by Crippen LogP contribution is -2.26. The van der Waals surface area contributed by atoms with Gasteiger partial charge in [-0.2, -0.15) is 5.26 Å². The van der Waals surface area contributed by atoms with Gasteiger partial charge in [-0.05, 0) is 49.2 Å². The Morgan fingerprint density at radius 2 is 1.95 bits per heavy atom. The van der Waals surface area contributed by atoms with Gasteiger partial charge in [-0.25, -0.2) is 4.98 Å². The highest BCUT2D eigenvalue weighted by atomic mass is 16.2. The molecule has 0 atom stereocenters. The molecule has 1 amide bonds. The molecule has 0 N–H and O–H groups in total. The SMILES string of the molecule is Cc1ccc(N(C)C(=O)c2ccc(C#N)nc2)cc1C. The number of hydrogen-bond donors (Lipinski definition) is 0. The molecule has 0 spiro atoms. The zero-order valence-corrected chi connectivity index (χ0v) is 11.7. The molecule has 0 unspecified atom stereocenters. The van der Waals surface area contributed by atoms with Crippen molar-refractivity contribution in [2.24, 2.45) is 0 Å². The summed E-state index contributed by atoms with van der Waals surface area (Å²) in [6.07, 6.45) is 1.43. The molecule has 4 heteroatoms. The zero-order chi connectivity index (χ0) is 14.7. The fraction of sp³-hybridized carbons (Fsp3) is 0.188. The summed E-state index contributed by atoms with van der Waals surface area (Å²) in [5.41, 5.74) is 3.93. The molecule has 100 valence electrons. The van der Waals surface area contributed by atoms with Crippen molar-refractivity contribution in [3.8, 4) is 6.07 Å². The van der Waals surface area contributed by atoms with Gasteiger partial charge in [0.2, 0.25) is 0 Å². The van der Waals surface area contributed by atoms with E-state index in [2.05, 4.69) is 4.98 Å². The standard InChI is InChI=1S/C16H15N3O/c1-11-4-7-15(8-12(11)2)19(3)16(20)13-5-6-14(9-17)18-10-13/h4-8,10H,1-3H3. The van der Waals surface area contributed by atoms with E-state index in [1.54, 1.807) is 24.1 Å². The predicted molar refractivity (Wildman–Crippen MR) is 77.6 cm³/mol. The molecule has 0 fully saturated rings. The number of aryl methyl sites for hydroxylation is 2. The fourth-order valence-corrected chi connectivity index (χ4v) is 1.83. The molecule has 4 nitrogen and oxygen atoms in total. The van der Waals surface area contributed by atoms with Gasteiger partial charge in [0.15, 0.2) is 0 Å². The van der Waals surface area contributed by atoms with Crippen molar-refractivity contribution in [3.05, 3.63) is 58.9 Å². The van der Waals surface area contributed by atoms with Crippen LogP contribution in [0.1, 0.15) is 27.2 Å². The lowest BCUT2D eigenvalue weighted by atomic mass is 10.1. The molecule has 0 saturated carbocycles. The van der Waals surface area contributed by atoms with Gasteiger partial charge in [0, 0.05) is 18.9 Å². The lowest BCUT2D eigenvalue weighted by molar-refractivity contribution is 0.0992. The van der Waals surface area contributed by atoms with E-state index in [9.17, 15) is 4.79 Å². The monoisotopic (exact) mass is 265 g/mol. The first-order valence-electron chi connectivity index (χ1n) is 6.24. The second kappa shape index (κ2) is 5.54. The minimum Gasteiger partial charge on any atom is -0.311 e. The topological polar surface area (TPSA) is 57.0 Å². The molecule has 0 radical (unpaired) electrons. The van der Waals surface area contributed by atoms with Crippen LogP contribution in [0.3, 0.4) is 0 Å². The Bertz CT molecular complexity index is 684. The second-order valence-corrected chi connectivity index (χ2v) is 4.68. The predicted octanol–water partition coefficient (Wildman–Crippen LogP) is 2.85. The van der Waals surface area contributed by atoms with E-state index in [1.165, 1.54) is 11.8 Å². The lowest BCUT2D eigenvalue weighted by Gasteiger charge is -2.18. The van der Waals surface area contributed by atoms with E-state index in [0.29, 0.717) is 11.3 Å². The molecule has 2 rings (SSSR count). The van der Waals surface area contributed by atoms with E-state index in [4.69, 9.17) is 5.26 Å². The zero-order valence-electron chi connectivity index (χ0n) is 11.7. The number of carbonyl (C=O) groups is 1. The summed E-state index contributed by atoms with van der Waals surface area (Å²) < 4.78 is 0. The molecule has 2 aromatic rings. The van der Waals surface area contributed by atoms with Crippen molar-refractivity contribution >= 4 is 11.6 Å². The van der Waals surface area contributed by atoms with Gasteiger partial charge in [-0.3, -0.25) is 4.79 Å². The number of nitrogens with zero attached hydrogens (tertiary/aromatic N) is 3. The van der Waals surface area contributed by atoms with E-state index in [-0.39, 0.29) is 5.91 Å². The van der Waals surface area contributed by atoms with Crippen molar-refractivity contribution in [1.82, 2.24) is 4.98 Å². The molecule has 0 saturated heterocycles. The normalized spacial score (nSPS) is 9.90. The van der Waals surface area contributed by atoms with Crippen molar-refractivity contribution < 1.29 is 4.79 Å². The van der Waals surface area contributed by atoms with Crippen LogP contribution in [0, 0.1) is 25.2 Å². The fourth-order valence-electron chi connectivity index (χ4n) is 1.83. The first-order valence-corrected chi connectivity index (χ1v) is 6.24. The number of nitriles is 1. The Balaban J connectivity index is 2.27. The summed E-state index contributed by atoms with van der Waals surface area (Å²) in [7, 11) is 1.73. The minimum absolute atomic E-state index is 0.148. The maximum atomic E-state index is 12.3. The van der Waals surface area contributed by atoms with Gasteiger partial charge in [-0.15, -0.1) is 0 Å². The van der Waals surface area contributed by atoms with Crippen LogP contribution in [0.5, 0.6) is 0 Å². The molecule has 0 aliphatic rings. The van der Waals surface area contributed by atoms with Gasteiger partial charge in [-0.1, -0.05) is 6.07 Å². The molecule has 20 heavy (non-hydrogen) atoms. The van der Waals surface area contributed by atoms with Crippen LogP contribution in [0.2, 0.25) is 0 Å². The summed E-state index contributed by atoms with van der Waals surface area (Å²) in [6, 6.07) is 11.0. The van der Waals surface area contributed by atoms with E-state index < -0.39 is 0 Å². The number of rotatable bonds is 2. The summed E-state index contributed by atoms with van der Waals surface area (Å²) in [6.45, 7) is 4.05. The minimum atomic E-state index is -0.148. The number of benzene rings is 1. The van der Waals surface area contributed by atoms with Crippen molar-refractivity contribution in [3.63, 3.8) is 0 Å². The Morgan fingerprint density at radius 3 is 2.50 bits per heavy atom. The smallest absolute Gasteiger partial charge is 0.259 e. The average molecular weight is 265 g/mol. The third-order valence-electron chi connectivity index (χ3n) is 3.31. The number of aromatic nitrogens is 1. The average Bonchev–Trinajstić information content (AvgIpc) is 2.48. The highest BCUT2D eigenvalue weighted by molar-refractivity contribution is 6.05. The number of pyridine rings is 1. The first-order chi connectivity index (χ1) is 9.52. The van der Waals surface area contributed by atoms with Gasteiger partial charge in [0.25, 0.3) is 5.91 Å². The Labute approximate surface area is 118 Å². The Morgan fingerprint density at radius 1 is 1.20 bits per heavy atom. The third kappa shape index (κ3) is 2.67. The highest BCUT2D eigenvalue weighted by Gasteiger charge is 2.14. The number of anilines is 1. The van der Waals surface area contributed by atoms with Crippen molar-refractivity contribution in [1.29, 1.82) is 5.26 Å². The van der Waals surface area contributed by atoms with Gasteiger partial charge in [0.05, 0.1) is 5.56 Å². The largest absolute Gasteiger partial charge is 0.311 e. The quantitative estimate of drug-likeness (QED) is 0.839. The van der Waals surface area contributed by atoms with Crippen LogP contribution < -0.4 is 4.90 Å². The highest BCUT2D eigenvalue weighted by Crippen LogP contribution is 2.19. The maximum Gasteiger partial charge on any atom is 0.259 e. The molecule has 1 aromatic heterocycles. The van der Waals surface area contributed by atoms with Crippen LogP contribution in [0.25, 0.3) is 0 Å². The van der Waals surface area contributed by atoms with Gasteiger partial charge >= 0.3 is 0 Å². The first kappa shape index (κ1) is 13.8.